The zero-order chi connectivity index (χ0) is 34.6. The first kappa shape index (κ1) is 29.4. The van der Waals surface area contributed by atoms with Gasteiger partial charge in [0.2, 0.25) is 0 Å². The van der Waals surface area contributed by atoms with Crippen molar-refractivity contribution in [3.63, 3.8) is 0 Å². The van der Waals surface area contributed by atoms with Crippen LogP contribution in [0.25, 0.3) is 76.9 Å². The van der Waals surface area contributed by atoms with Gasteiger partial charge in [0.05, 0.1) is 11.1 Å². The summed E-state index contributed by atoms with van der Waals surface area (Å²) in [5.74, 6) is 0. The quantitative estimate of drug-likeness (QED) is 0.173. The molecule has 11 rings (SSSR count). The Morgan fingerprint density at radius 3 is 1.92 bits per heavy atom. The van der Waals surface area contributed by atoms with Gasteiger partial charge >= 0.3 is 0 Å². The van der Waals surface area contributed by atoms with E-state index in [9.17, 15) is 0 Å². The van der Waals surface area contributed by atoms with Gasteiger partial charge in [0.15, 0.2) is 0 Å². The van der Waals surface area contributed by atoms with E-state index < -0.39 is 8.07 Å². The number of hydrogen-bond acceptors (Lipinski definition) is 3. The highest BCUT2D eigenvalue weighted by atomic mass is 28.3. The summed E-state index contributed by atoms with van der Waals surface area (Å²) in [5.41, 5.74) is 12.0. The van der Waals surface area contributed by atoms with Gasteiger partial charge in [0, 0.05) is 27.5 Å². The van der Waals surface area contributed by atoms with E-state index in [1.165, 1.54) is 54.2 Å². The van der Waals surface area contributed by atoms with Crippen molar-refractivity contribution in [1.29, 1.82) is 0 Å². The summed E-state index contributed by atoms with van der Waals surface area (Å²) < 4.78 is 12.8. The molecule has 0 radical (unpaired) electrons. The highest BCUT2D eigenvalue weighted by molar-refractivity contribution is 7.04. The Morgan fingerprint density at radius 1 is 0.423 bits per heavy atom. The fraction of sp³-hybridized carbons (Fsp3) is 0.0417. The average Bonchev–Trinajstić information content (AvgIpc) is 3.82. The number of rotatable bonds is 4. The Morgan fingerprint density at radius 2 is 1.08 bits per heavy atom. The molecular weight excluding hydrogens is 651 g/mol. The molecule has 0 atom stereocenters. The molecular formula is C48H33NO2Si. The fourth-order valence-electron chi connectivity index (χ4n) is 8.62. The molecule has 0 amide bonds. The molecule has 3 heterocycles. The van der Waals surface area contributed by atoms with Crippen LogP contribution in [0.2, 0.25) is 13.1 Å². The van der Waals surface area contributed by atoms with E-state index in [0.29, 0.717) is 0 Å². The smallest absolute Gasteiger partial charge is 0.137 e. The summed E-state index contributed by atoms with van der Waals surface area (Å²) in [7, 11) is -2.09. The second-order valence-corrected chi connectivity index (χ2v) is 18.9. The van der Waals surface area contributed by atoms with Crippen LogP contribution in [0.15, 0.2) is 173 Å². The van der Waals surface area contributed by atoms with E-state index in [0.717, 1.165) is 50.2 Å². The first-order chi connectivity index (χ1) is 25.5. The standard InChI is InChI=1S/C48H33NO2Si/c1-52(2)46-27-35(24-25-37(46)40-28-45-39(29-47(40)52)36-12-5-7-15-42(36)51-45)49(41-14-9-17-44-48(41)38-13-6-8-16-43(38)50-44)34-22-20-31(21-23-34)33-19-18-30-10-3-4-11-32(30)26-33/h3-29H,1-2H3. The molecule has 3 nitrogen and oxygen atoms in total. The van der Waals surface area contributed by atoms with Crippen LogP contribution >= 0.6 is 0 Å². The van der Waals surface area contributed by atoms with Crippen molar-refractivity contribution >= 4 is 90.2 Å². The molecule has 52 heavy (non-hydrogen) atoms. The van der Waals surface area contributed by atoms with E-state index in [4.69, 9.17) is 8.83 Å². The first-order valence-electron chi connectivity index (χ1n) is 17.9. The van der Waals surface area contributed by atoms with Crippen molar-refractivity contribution in [3.8, 4) is 22.3 Å². The third kappa shape index (κ3) is 4.25. The summed E-state index contributed by atoms with van der Waals surface area (Å²) in [6, 6.07) is 59.2. The van der Waals surface area contributed by atoms with Crippen LogP contribution in [0.1, 0.15) is 0 Å². The minimum absolute atomic E-state index is 0.884. The number of furan rings is 2. The lowest BCUT2D eigenvalue weighted by atomic mass is 10.0. The van der Waals surface area contributed by atoms with Gasteiger partial charge in [-0.15, -0.1) is 0 Å². The van der Waals surface area contributed by atoms with E-state index in [1.54, 1.807) is 0 Å². The Kier molecular flexibility index (Phi) is 6.11. The second-order valence-electron chi connectivity index (χ2n) is 14.5. The summed E-state index contributed by atoms with van der Waals surface area (Å²) in [6.45, 7) is 4.98. The molecule has 10 aromatic rings. The van der Waals surface area contributed by atoms with Crippen molar-refractivity contribution in [1.82, 2.24) is 0 Å². The largest absolute Gasteiger partial charge is 0.456 e. The molecule has 0 N–H and O–H groups in total. The Hall–Kier alpha value is -6.36. The lowest BCUT2D eigenvalue weighted by Crippen LogP contribution is -2.49. The maximum Gasteiger partial charge on any atom is 0.137 e. The SMILES string of the molecule is C[Si]1(C)c2cc(N(c3ccc(-c4ccc5ccccc5c4)cc3)c3cccc4oc5ccccc5c34)ccc2-c2cc3oc4ccccc4c3cc21. The maximum atomic E-state index is 6.41. The van der Waals surface area contributed by atoms with Gasteiger partial charge in [-0.3, -0.25) is 0 Å². The minimum atomic E-state index is -2.09. The third-order valence-electron chi connectivity index (χ3n) is 11.2. The zero-order valence-electron chi connectivity index (χ0n) is 28.9. The summed E-state index contributed by atoms with van der Waals surface area (Å²) >= 11 is 0. The van der Waals surface area contributed by atoms with E-state index in [1.807, 2.05) is 12.1 Å². The average molecular weight is 684 g/mol. The van der Waals surface area contributed by atoms with Crippen LogP contribution < -0.4 is 15.3 Å². The molecule has 1 aliphatic heterocycles. The van der Waals surface area contributed by atoms with Crippen molar-refractivity contribution < 1.29 is 8.83 Å². The Labute approximate surface area is 302 Å². The molecule has 0 aliphatic carbocycles. The van der Waals surface area contributed by atoms with Crippen LogP contribution in [0.4, 0.5) is 17.1 Å². The lowest BCUT2D eigenvalue weighted by Gasteiger charge is -2.28. The van der Waals surface area contributed by atoms with Gasteiger partial charge in [-0.25, -0.2) is 0 Å². The highest BCUT2D eigenvalue weighted by Crippen LogP contribution is 2.44. The highest BCUT2D eigenvalue weighted by Gasteiger charge is 2.39. The second kappa shape index (κ2) is 10.8. The monoisotopic (exact) mass is 683 g/mol. The number of hydrogen-bond donors (Lipinski definition) is 0. The molecule has 246 valence electrons. The molecule has 1 aliphatic rings. The summed E-state index contributed by atoms with van der Waals surface area (Å²) in [4.78, 5) is 2.42. The Balaban J connectivity index is 1.09. The number of nitrogens with zero attached hydrogens (tertiary/aromatic N) is 1. The van der Waals surface area contributed by atoms with Gasteiger partial charge in [-0.05, 0) is 104 Å². The normalized spacial score (nSPS) is 13.3. The van der Waals surface area contributed by atoms with Crippen LogP contribution in [0.3, 0.4) is 0 Å². The summed E-state index contributed by atoms with van der Waals surface area (Å²) in [5, 5.41) is 10.0. The van der Waals surface area contributed by atoms with Crippen molar-refractivity contribution in [2.24, 2.45) is 0 Å². The molecule has 8 aromatic carbocycles. The number of benzene rings is 8. The van der Waals surface area contributed by atoms with E-state index >= 15 is 0 Å². The van der Waals surface area contributed by atoms with Crippen molar-refractivity contribution in [2.45, 2.75) is 13.1 Å². The molecule has 4 heteroatoms. The zero-order valence-corrected chi connectivity index (χ0v) is 29.9. The van der Waals surface area contributed by atoms with Gasteiger partial charge < -0.3 is 13.7 Å². The topological polar surface area (TPSA) is 29.5 Å². The van der Waals surface area contributed by atoms with Crippen LogP contribution in [-0.2, 0) is 0 Å². The van der Waals surface area contributed by atoms with Gasteiger partial charge in [0.1, 0.15) is 30.4 Å². The van der Waals surface area contributed by atoms with Crippen LogP contribution in [-0.4, -0.2) is 8.07 Å². The van der Waals surface area contributed by atoms with E-state index in [2.05, 4.69) is 170 Å². The van der Waals surface area contributed by atoms with Gasteiger partial charge in [-0.1, -0.05) is 116 Å². The minimum Gasteiger partial charge on any atom is -0.456 e. The molecule has 0 spiro atoms. The predicted octanol–water partition coefficient (Wildman–Crippen LogP) is 12.6. The van der Waals surface area contributed by atoms with Crippen LogP contribution in [0.5, 0.6) is 0 Å². The molecule has 0 saturated carbocycles. The molecule has 0 unspecified atom stereocenters. The molecule has 0 fully saturated rings. The summed E-state index contributed by atoms with van der Waals surface area (Å²) in [6.07, 6.45) is 0. The maximum absolute atomic E-state index is 6.41. The first-order valence-corrected chi connectivity index (χ1v) is 20.9. The molecule has 2 aromatic heterocycles. The number of anilines is 3. The Bertz CT molecular complexity index is 3060. The molecule has 0 saturated heterocycles. The van der Waals surface area contributed by atoms with Crippen molar-refractivity contribution in [2.75, 3.05) is 4.90 Å². The van der Waals surface area contributed by atoms with Crippen molar-refractivity contribution in [3.05, 3.63) is 164 Å². The van der Waals surface area contributed by atoms with Gasteiger partial charge in [-0.2, -0.15) is 0 Å². The molecule has 0 bridgehead atoms. The third-order valence-corrected chi connectivity index (χ3v) is 14.8. The number of fused-ring (bicyclic) bond motifs is 10. The van der Waals surface area contributed by atoms with Crippen LogP contribution in [0, 0.1) is 0 Å². The number of para-hydroxylation sites is 2. The van der Waals surface area contributed by atoms with Gasteiger partial charge in [0.25, 0.3) is 0 Å². The lowest BCUT2D eigenvalue weighted by molar-refractivity contribution is 0.668. The predicted molar refractivity (Wildman–Crippen MR) is 221 cm³/mol. The fourth-order valence-corrected chi connectivity index (χ4v) is 11.7. The van der Waals surface area contributed by atoms with E-state index in [-0.39, 0.29) is 0 Å².